The van der Waals surface area contributed by atoms with Crippen LogP contribution in [0.5, 0.6) is 0 Å². The molecule has 0 bridgehead atoms. The molecule has 5 heteroatoms. The molecule has 0 amide bonds. The second-order valence-corrected chi connectivity index (χ2v) is 5.44. The van der Waals surface area contributed by atoms with Crippen LogP contribution < -0.4 is 10.6 Å². The molecule has 1 fully saturated rings. The maximum Gasteiger partial charge on any atom is 0.139 e. The summed E-state index contributed by atoms with van der Waals surface area (Å²) < 4.78 is 5.55. The van der Waals surface area contributed by atoms with E-state index in [0.29, 0.717) is 5.92 Å². The molecule has 1 aliphatic heterocycles. The lowest BCUT2D eigenvalue weighted by Crippen LogP contribution is -2.31. The van der Waals surface area contributed by atoms with Crippen LogP contribution in [0, 0.1) is 5.92 Å². The van der Waals surface area contributed by atoms with E-state index in [-0.39, 0.29) is 0 Å². The largest absolute Gasteiger partial charge is 0.399 e. The molecule has 3 rings (SSSR count). The zero-order valence-corrected chi connectivity index (χ0v) is 11.7. The Morgan fingerprint density at radius 2 is 2.30 bits per heavy atom. The molecule has 0 saturated carbocycles. The van der Waals surface area contributed by atoms with Crippen LogP contribution in [0.2, 0.25) is 0 Å². The van der Waals surface area contributed by atoms with Gasteiger partial charge in [0.1, 0.15) is 12.1 Å². The molecule has 106 valence electrons. The zero-order valence-electron chi connectivity index (χ0n) is 11.7. The van der Waals surface area contributed by atoms with Crippen molar-refractivity contribution in [3.05, 3.63) is 24.5 Å². The number of nitrogens with zero attached hydrogens (tertiary/aromatic N) is 3. The van der Waals surface area contributed by atoms with Crippen molar-refractivity contribution in [3.8, 4) is 0 Å². The molecular weight excluding hydrogens is 252 g/mol. The van der Waals surface area contributed by atoms with Crippen LogP contribution in [0.3, 0.4) is 0 Å². The third kappa shape index (κ3) is 2.67. The minimum atomic E-state index is 0.576. The number of fused-ring (bicyclic) bond motifs is 1. The van der Waals surface area contributed by atoms with E-state index in [0.717, 1.165) is 48.6 Å². The fourth-order valence-corrected chi connectivity index (χ4v) is 2.79. The highest BCUT2D eigenvalue weighted by Crippen LogP contribution is 2.25. The summed E-state index contributed by atoms with van der Waals surface area (Å²) in [7, 11) is 2.08. The van der Waals surface area contributed by atoms with Crippen molar-refractivity contribution >= 4 is 22.4 Å². The fourth-order valence-electron chi connectivity index (χ4n) is 2.79. The van der Waals surface area contributed by atoms with Crippen molar-refractivity contribution in [1.82, 2.24) is 9.97 Å². The topological polar surface area (TPSA) is 64.3 Å². The van der Waals surface area contributed by atoms with Crippen molar-refractivity contribution in [2.24, 2.45) is 5.92 Å². The quantitative estimate of drug-likeness (QED) is 0.867. The lowest BCUT2D eigenvalue weighted by molar-refractivity contribution is 0.0576. The lowest BCUT2D eigenvalue weighted by Gasteiger charge is -2.28. The number of ether oxygens (including phenoxy) is 1. The summed E-state index contributed by atoms with van der Waals surface area (Å²) in [4.78, 5) is 10.9. The average Bonchev–Trinajstić information content (AvgIpc) is 2.47. The lowest BCUT2D eigenvalue weighted by atomic mass is 10.0. The highest BCUT2D eigenvalue weighted by Gasteiger charge is 2.18. The Bertz CT molecular complexity index is 595. The first-order chi connectivity index (χ1) is 9.74. The number of anilines is 2. The van der Waals surface area contributed by atoms with E-state index < -0.39 is 0 Å². The molecule has 2 N–H and O–H groups in total. The van der Waals surface area contributed by atoms with Gasteiger partial charge in [0.05, 0.1) is 12.1 Å². The number of benzene rings is 1. The van der Waals surface area contributed by atoms with Gasteiger partial charge in [0.15, 0.2) is 0 Å². The molecule has 20 heavy (non-hydrogen) atoms. The van der Waals surface area contributed by atoms with Gasteiger partial charge in [-0.3, -0.25) is 0 Å². The number of hydrogen-bond acceptors (Lipinski definition) is 5. The Labute approximate surface area is 118 Å². The molecule has 1 unspecified atom stereocenters. The van der Waals surface area contributed by atoms with Crippen LogP contribution in [0.1, 0.15) is 12.8 Å². The molecule has 0 aliphatic carbocycles. The van der Waals surface area contributed by atoms with Gasteiger partial charge >= 0.3 is 0 Å². The van der Waals surface area contributed by atoms with E-state index >= 15 is 0 Å². The normalized spacial score (nSPS) is 19.1. The molecule has 1 aromatic heterocycles. The van der Waals surface area contributed by atoms with Crippen molar-refractivity contribution < 1.29 is 4.74 Å². The van der Waals surface area contributed by atoms with Crippen LogP contribution in [-0.2, 0) is 4.74 Å². The molecule has 0 spiro atoms. The van der Waals surface area contributed by atoms with E-state index in [1.807, 2.05) is 18.2 Å². The Morgan fingerprint density at radius 1 is 1.40 bits per heavy atom. The van der Waals surface area contributed by atoms with Gasteiger partial charge in [0.2, 0.25) is 0 Å². The smallest absolute Gasteiger partial charge is 0.139 e. The minimum Gasteiger partial charge on any atom is -0.399 e. The predicted octanol–water partition coefficient (Wildman–Crippen LogP) is 2.07. The minimum absolute atomic E-state index is 0.576. The molecule has 1 aliphatic rings. The second-order valence-electron chi connectivity index (χ2n) is 5.44. The standard InChI is InChI=1S/C15H20N4O/c1-19(8-11-3-2-6-20-9-11)15-13-5-4-12(16)7-14(13)17-10-18-15/h4-5,7,10-11H,2-3,6,8-9,16H2,1H3. The first kappa shape index (κ1) is 13.1. The van der Waals surface area contributed by atoms with E-state index in [9.17, 15) is 0 Å². The van der Waals surface area contributed by atoms with Gasteiger partial charge in [-0.1, -0.05) is 0 Å². The monoisotopic (exact) mass is 272 g/mol. The summed E-state index contributed by atoms with van der Waals surface area (Å²) in [5.41, 5.74) is 7.43. The molecule has 2 aromatic rings. The first-order valence-corrected chi connectivity index (χ1v) is 7.03. The molecule has 0 radical (unpaired) electrons. The molecular formula is C15H20N4O. The predicted molar refractivity (Wildman–Crippen MR) is 80.8 cm³/mol. The summed E-state index contributed by atoms with van der Waals surface area (Å²) in [6, 6.07) is 5.78. The van der Waals surface area contributed by atoms with Crippen LogP contribution in [0.4, 0.5) is 11.5 Å². The molecule has 2 heterocycles. The molecule has 1 atom stereocenters. The average molecular weight is 272 g/mol. The van der Waals surface area contributed by atoms with Gasteiger partial charge in [-0.25, -0.2) is 9.97 Å². The Hall–Kier alpha value is -1.88. The molecule has 1 saturated heterocycles. The Morgan fingerprint density at radius 3 is 3.10 bits per heavy atom. The Kier molecular flexibility index (Phi) is 3.69. The van der Waals surface area contributed by atoms with Gasteiger partial charge in [0.25, 0.3) is 0 Å². The maximum atomic E-state index is 5.81. The van der Waals surface area contributed by atoms with Crippen molar-refractivity contribution in [3.63, 3.8) is 0 Å². The first-order valence-electron chi connectivity index (χ1n) is 7.03. The highest BCUT2D eigenvalue weighted by atomic mass is 16.5. The zero-order chi connectivity index (χ0) is 13.9. The van der Waals surface area contributed by atoms with Crippen LogP contribution >= 0.6 is 0 Å². The summed E-state index contributed by atoms with van der Waals surface area (Å²) >= 11 is 0. The number of nitrogens with two attached hydrogens (primary N) is 1. The van der Waals surface area contributed by atoms with Gasteiger partial charge in [-0.15, -0.1) is 0 Å². The fraction of sp³-hybridized carbons (Fsp3) is 0.467. The van der Waals surface area contributed by atoms with E-state index in [1.54, 1.807) is 6.33 Å². The Balaban J connectivity index is 1.85. The van der Waals surface area contributed by atoms with E-state index in [2.05, 4.69) is 21.9 Å². The van der Waals surface area contributed by atoms with Gasteiger partial charge in [-0.2, -0.15) is 0 Å². The number of rotatable bonds is 3. The van der Waals surface area contributed by atoms with Gasteiger partial charge < -0.3 is 15.4 Å². The van der Waals surface area contributed by atoms with Crippen LogP contribution in [0.15, 0.2) is 24.5 Å². The maximum absolute atomic E-state index is 5.81. The second kappa shape index (κ2) is 5.63. The SMILES string of the molecule is CN(CC1CCCOC1)c1ncnc2cc(N)ccc12. The van der Waals surface area contributed by atoms with Gasteiger partial charge in [0, 0.05) is 31.3 Å². The summed E-state index contributed by atoms with van der Waals surface area (Å²) in [6.45, 7) is 2.70. The third-order valence-electron chi connectivity index (χ3n) is 3.79. The number of hydrogen-bond donors (Lipinski definition) is 1. The third-order valence-corrected chi connectivity index (χ3v) is 3.79. The summed E-state index contributed by atoms with van der Waals surface area (Å²) in [6.07, 6.45) is 3.98. The van der Waals surface area contributed by atoms with Crippen molar-refractivity contribution in [2.75, 3.05) is 37.4 Å². The van der Waals surface area contributed by atoms with Gasteiger partial charge in [-0.05, 0) is 37.0 Å². The van der Waals surface area contributed by atoms with Crippen molar-refractivity contribution in [2.45, 2.75) is 12.8 Å². The number of aromatic nitrogens is 2. The molecule has 5 nitrogen and oxygen atoms in total. The highest BCUT2D eigenvalue weighted by molar-refractivity contribution is 5.91. The summed E-state index contributed by atoms with van der Waals surface area (Å²) in [5, 5.41) is 1.04. The number of nitrogen functional groups attached to an aromatic ring is 1. The van der Waals surface area contributed by atoms with E-state index in [4.69, 9.17) is 10.5 Å². The molecule has 1 aromatic carbocycles. The summed E-state index contributed by atoms with van der Waals surface area (Å²) in [5.74, 6) is 1.54. The van der Waals surface area contributed by atoms with Crippen molar-refractivity contribution in [1.29, 1.82) is 0 Å². The van der Waals surface area contributed by atoms with Crippen LogP contribution in [-0.4, -0.2) is 36.8 Å². The van der Waals surface area contributed by atoms with Crippen LogP contribution in [0.25, 0.3) is 10.9 Å². The van der Waals surface area contributed by atoms with E-state index in [1.165, 1.54) is 6.42 Å².